The van der Waals surface area contributed by atoms with Crippen LogP contribution in [0.1, 0.15) is 31.8 Å². The molecule has 25 heavy (non-hydrogen) atoms. The van der Waals surface area contributed by atoms with Gasteiger partial charge in [0.1, 0.15) is 0 Å². The summed E-state index contributed by atoms with van der Waals surface area (Å²) in [6.07, 6.45) is -4.60. The van der Waals surface area contributed by atoms with E-state index < -0.39 is 23.2 Å². The number of alkyl halides is 3. The van der Waals surface area contributed by atoms with Gasteiger partial charge >= 0.3 is 6.18 Å². The Balaban J connectivity index is 1.90. The first-order valence-electron chi connectivity index (χ1n) is 7.59. The quantitative estimate of drug-likeness (QED) is 0.814. The van der Waals surface area contributed by atoms with Crippen molar-refractivity contribution in [1.82, 2.24) is 10.6 Å². The van der Waals surface area contributed by atoms with Crippen LogP contribution in [0.4, 0.5) is 13.2 Å². The van der Waals surface area contributed by atoms with Gasteiger partial charge in [-0.2, -0.15) is 13.2 Å². The van der Waals surface area contributed by atoms with Crippen molar-refractivity contribution < 1.29 is 22.8 Å². The number of benzene rings is 2. The Morgan fingerprint density at radius 2 is 1.32 bits per heavy atom. The number of carbonyl (C=O) groups excluding carboxylic acids is 2. The normalized spacial score (nSPS) is 11.0. The maximum Gasteiger partial charge on any atom is 0.417 e. The first-order valence-corrected chi connectivity index (χ1v) is 7.59. The van der Waals surface area contributed by atoms with Crippen LogP contribution in [-0.2, 0) is 6.18 Å². The van der Waals surface area contributed by atoms with Crippen molar-refractivity contribution in [3.8, 4) is 0 Å². The molecule has 0 spiro atoms. The van der Waals surface area contributed by atoms with Crippen LogP contribution in [0, 0.1) is 6.92 Å². The minimum atomic E-state index is -4.60. The number of hydrogen-bond donors (Lipinski definition) is 2. The van der Waals surface area contributed by atoms with E-state index in [0.29, 0.717) is 5.56 Å². The van der Waals surface area contributed by atoms with Crippen molar-refractivity contribution in [3.05, 3.63) is 70.8 Å². The van der Waals surface area contributed by atoms with Crippen LogP contribution in [0.3, 0.4) is 0 Å². The summed E-state index contributed by atoms with van der Waals surface area (Å²) in [6, 6.07) is 11.6. The standard InChI is InChI=1S/C18H17F3N2O2/c1-12-6-2-3-7-13(12)16(24)22-10-11-23-17(25)14-8-4-5-9-15(14)18(19,20)21/h2-9H,10-11H2,1H3,(H,22,24)(H,23,25). The Morgan fingerprint density at radius 1 is 0.840 bits per heavy atom. The molecule has 7 heteroatoms. The van der Waals surface area contributed by atoms with Gasteiger partial charge in [0.15, 0.2) is 0 Å². The lowest BCUT2D eigenvalue weighted by atomic mass is 10.1. The summed E-state index contributed by atoms with van der Waals surface area (Å²) in [5.41, 5.74) is -0.115. The zero-order chi connectivity index (χ0) is 18.4. The topological polar surface area (TPSA) is 58.2 Å². The molecule has 0 heterocycles. The second kappa shape index (κ2) is 7.83. The monoisotopic (exact) mass is 350 g/mol. The first kappa shape index (κ1) is 18.5. The second-order valence-corrected chi connectivity index (χ2v) is 5.37. The Kier molecular flexibility index (Phi) is 5.80. The summed E-state index contributed by atoms with van der Waals surface area (Å²) < 4.78 is 38.7. The Morgan fingerprint density at radius 3 is 1.88 bits per heavy atom. The van der Waals surface area contributed by atoms with Crippen molar-refractivity contribution >= 4 is 11.8 Å². The van der Waals surface area contributed by atoms with Gasteiger partial charge in [0, 0.05) is 18.7 Å². The molecule has 2 rings (SSSR count). The highest BCUT2D eigenvalue weighted by molar-refractivity contribution is 5.96. The molecule has 0 radical (unpaired) electrons. The lowest BCUT2D eigenvalue weighted by molar-refractivity contribution is -0.137. The van der Waals surface area contributed by atoms with Crippen LogP contribution in [0.15, 0.2) is 48.5 Å². The van der Waals surface area contributed by atoms with Crippen molar-refractivity contribution in [2.24, 2.45) is 0 Å². The molecule has 2 aromatic carbocycles. The predicted octanol–water partition coefficient (Wildman–Crippen LogP) is 3.17. The Bertz CT molecular complexity index is 773. The predicted molar refractivity (Wildman–Crippen MR) is 87.3 cm³/mol. The van der Waals surface area contributed by atoms with Gasteiger partial charge in [-0.3, -0.25) is 9.59 Å². The molecule has 2 aromatic rings. The van der Waals surface area contributed by atoms with Crippen LogP contribution < -0.4 is 10.6 Å². The third kappa shape index (κ3) is 4.82. The van der Waals surface area contributed by atoms with Crippen LogP contribution in [0.5, 0.6) is 0 Å². The fourth-order valence-corrected chi connectivity index (χ4v) is 2.30. The van der Waals surface area contributed by atoms with E-state index in [0.717, 1.165) is 17.7 Å². The molecular formula is C18H17F3N2O2. The minimum absolute atomic E-state index is 0.0165. The lowest BCUT2D eigenvalue weighted by Gasteiger charge is -2.13. The first-order chi connectivity index (χ1) is 11.8. The van der Waals surface area contributed by atoms with E-state index in [2.05, 4.69) is 10.6 Å². The van der Waals surface area contributed by atoms with E-state index in [9.17, 15) is 22.8 Å². The van der Waals surface area contributed by atoms with E-state index in [4.69, 9.17) is 0 Å². The molecule has 0 aliphatic carbocycles. The largest absolute Gasteiger partial charge is 0.417 e. The number of rotatable bonds is 5. The fourth-order valence-electron chi connectivity index (χ4n) is 2.30. The van der Waals surface area contributed by atoms with Crippen LogP contribution in [0.25, 0.3) is 0 Å². The molecular weight excluding hydrogens is 333 g/mol. The molecule has 0 aliphatic heterocycles. The summed E-state index contributed by atoms with van der Waals surface area (Å²) in [5.74, 6) is -1.14. The smallest absolute Gasteiger partial charge is 0.350 e. The second-order valence-electron chi connectivity index (χ2n) is 5.37. The molecule has 0 unspecified atom stereocenters. The van der Waals surface area contributed by atoms with Gasteiger partial charge in [-0.1, -0.05) is 30.3 Å². The van der Waals surface area contributed by atoms with Crippen molar-refractivity contribution in [1.29, 1.82) is 0 Å². The van der Waals surface area contributed by atoms with E-state index in [1.807, 2.05) is 6.07 Å². The van der Waals surface area contributed by atoms with Gasteiger partial charge in [-0.25, -0.2) is 0 Å². The van der Waals surface area contributed by atoms with Gasteiger partial charge in [-0.05, 0) is 30.7 Å². The summed E-state index contributed by atoms with van der Waals surface area (Å²) in [6.45, 7) is 1.92. The molecule has 0 aliphatic rings. The van der Waals surface area contributed by atoms with E-state index in [1.165, 1.54) is 12.1 Å². The third-order valence-corrected chi connectivity index (χ3v) is 3.56. The maximum absolute atomic E-state index is 12.9. The van der Waals surface area contributed by atoms with Gasteiger partial charge in [0.25, 0.3) is 11.8 Å². The number of halogens is 3. The zero-order valence-electron chi connectivity index (χ0n) is 13.5. The minimum Gasteiger partial charge on any atom is -0.350 e. The van der Waals surface area contributed by atoms with Crippen molar-refractivity contribution in [2.75, 3.05) is 13.1 Å². The van der Waals surface area contributed by atoms with Gasteiger partial charge in [-0.15, -0.1) is 0 Å². The van der Waals surface area contributed by atoms with E-state index >= 15 is 0 Å². The van der Waals surface area contributed by atoms with Gasteiger partial charge < -0.3 is 10.6 Å². The van der Waals surface area contributed by atoms with Gasteiger partial charge in [0.2, 0.25) is 0 Å². The highest BCUT2D eigenvalue weighted by atomic mass is 19.4. The molecule has 0 fully saturated rings. The number of aryl methyl sites for hydroxylation is 1. The Labute approximate surface area is 143 Å². The highest BCUT2D eigenvalue weighted by Crippen LogP contribution is 2.31. The Hall–Kier alpha value is -2.83. The van der Waals surface area contributed by atoms with Crippen molar-refractivity contribution in [2.45, 2.75) is 13.1 Å². The average molecular weight is 350 g/mol. The molecule has 4 nitrogen and oxygen atoms in total. The number of hydrogen-bond acceptors (Lipinski definition) is 2. The maximum atomic E-state index is 12.9. The SMILES string of the molecule is Cc1ccccc1C(=O)NCCNC(=O)c1ccccc1C(F)(F)F. The third-order valence-electron chi connectivity index (χ3n) is 3.56. The average Bonchev–Trinajstić information content (AvgIpc) is 2.58. The van der Waals surface area contributed by atoms with Crippen LogP contribution in [0.2, 0.25) is 0 Å². The molecule has 0 bridgehead atoms. The summed E-state index contributed by atoms with van der Waals surface area (Å²) in [7, 11) is 0. The lowest BCUT2D eigenvalue weighted by Crippen LogP contribution is -2.35. The number of carbonyl (C=O) groups is 2. The van der Waals surface area contributed by atoms with E-state index in [-0.39, 0.29) is 19.0 Å². The van der Waals surface area contributed by atoms with Gasteiger partial charge in [0.05, 0.1) is 11.1 Å². The number of amides is 2. The summed E-state index contributed by atoms with van der Waals surface area (Å²) in [5, 5.41) is 4.99. The molecule has 0 atom stereocenters. The molecule has 0 saturated carbocycles. The summed E-state index contributed by atoms with van der Waals surface area (Å²) >= 11 is 0. The molecule has 2 amide bonds. The molecule has 132 valence electrons. The molecule has 2 N–H and O–H groups in total. The van der Waals surface area contributed by atoms with Crippen LogP contribution >= 0.6 is 0 Å². The van der Waals surface area contributed by atoms with E-state index in [1.54, 1.807) is 25.1 Å². The molecule has 0 aromatic heterocycles. The molecule has 0 saturated heterocycles. The summed E-state index contributed by atoms with van der Waals surface area (Å²) in [4.78, 5) is 24.0. The highest BCUT2D eigenvalue weighted by Gasteiger charge is 2.34. The number of nitrogens with one attached hydrogen (secondary N) is 2. The van der Waals surface area contributed by atoms with Crippen molar-refractivity contribution in [3.63, 3.8) is 0 Å². The van der Waals surface area contributed by atoms with Crippen LogP contribution in [-0.4, -0.2) is 24.9 Å². The fraction of sp³-hybridized carbons (Fsp3) is 0.222. The zero-order valence-corrected chi connectivity index (χ0v) is 13.5.